The zero-order chi connectivity index (χ0) is 14.5. The molecule has 0 amide bonds. The van der Waals surface area contributed by atoms with Gasteiger partial charge in [-0.05, 0) is 43.5 Å². The molecule has 3 rings (SSSR count). The monoisotopic (exact) mass is 284 g/mol. The third-order valence-corrected chi connectivity index (χ3v) is 4.08. The van der Waals surface area contributed by atoms with E-state index >= 15 is 0 Å². The van der Waals surface area contributed by atoms with Crippen LogP contribution in [0, 0.1) is 5.92 Å². The van der Waals surface area contributed by atoms with E-state index < -0.39 is 0 Å². The highest BCUT2D eigenvalue weighted by molar-refractivity contribution is 5.08. The van der Waals surface area contributed by atoms with Gasteiger partial charge in [0, 0.05) is 37.7 Å². The van der Waals surface area contributed by atoms with Crippen LogP contribution in [0.5, 0.6) is 0 Å². The minimum atomic E-state index is 0.0442. The molecule has 1 aliphatic rings. The van der Waals surface area contributed by atoms with Crippen LogP contribution in [0.15, 0.2) is 47.9 Å². The first-order valence-electron chi connectivity index (χ1n) is 7.43. The lowest BCUT2D eigenvalue weighted by Gasteiger charge is -2.32. The molecule has 1 fully saturated rings. The van der Waals surface area contributed by atoms with E-state index in [1.807, 2.05) is 12.3 Å². The van der Waals surface area contributed by atoms with Crippen molar-refractivity contribution in [3.8, 4) is 0 Å². The number of hydrogen-bond donors (Lipinski definition) is 0. The second-order valence-electron chi connectivity index (χ2n) is 5.65. The van der Waals surface area contributed by atoms with Gasteiger partial charge in [-0.3, -0.25) is 19.2 Å². The normalized spacial score (nSPS) is 17.0. The van der Waals surface area contributed by atoms with Gasteiger partial charge >= 0.3 is 0 Å². The molecule has 21 heavy (non-hydrogen) atoms. The van der Waals surface area contributed by atoms with Crippen molar-refractivity contribution in [2.24, 2.45) is 5.92 Å². The maximum absolute atomic E-state index is 11.7. The summed E-state index contributed by atoms with van der Waals surface area (Å²) in [5, 5.41) is 0. The second-order valence-corrected chi connectivity index (χ2v) is 5.65. The maximum atomic E-state index is 11.7. The summed E-state index contributed by atoms with van der Waals surface area (Å²) < 4.78 is 1.72. The fourth-order valence-corrected chi connectivity index (χ4v) is 2.87. The van der Waals surface area contributed by atoms with Crippen molar-refractivity contribution in [2.45, 2.75) is 25.9 Å². The molecule has 0 radical (unpaired) electrons. The lowest BCUT2D eigenvalue weighted by atomic mass is 9.96. The van der Waals surface area contributed by atoms with Gasteiger partial charge in [0.05, 0.1) is 6.33 Å². The molecular formula is C16H20N4O. The zero-order valence-electron chi connectivity index (χ0n) is 12.1. The summed E-state index contributed by atoms with van der Waals surface area (Å²) in [6.45, 7) is 3.91. The van der Waals surface area contributed by atoms with E-state index in [1.165, 1.54) is 11.6 Å². The van der Waals surface area contributed by atoms with Crippen LogP contribution in [0.2, 0.25) is 0 Å². The second kappa shape index (κ2) is 6.63. The Balaban J connectivity index is 1.51. The fraction of sp³-hybridized carbons (Fsp3) is 0.438. The maximum Gasteiger partial charge on any atom is 0.253 e. The van der Waals surface area contributed by atoms with Gasteiger partial charge < -0.3 is 0 Å². The molecule has 0 saturated carbocycles. The molecule has 0 spiro atoms. The quantitative estimate of drug-likeness (QED) is 0.855. The molecule has 2 aromatic rings. The Morgan fingerprint density at radius 1 is 1.14 bits per heavy atom. The van der Waals surface area contributed by atoms with E-state index in [1.54, 1.807) is 23.3 Å². The van der Waals surface area contributed by atoms with Gasteiger partial charge in [-0.1, -0.05) is 6.07 Å². The third kappa shape index (κ3) is 3.76. The molecule has 3 heterocycles. The first-order valence-corrected chi connectivity index (χ1v) is 7.43. The molecule has 0 bridgehead atoms. The van der Waals surface area contributed by atoms with Crippen molar-refractivity contribution < 1.29 is 0 Å². The molecule has 1 saturated heterocycles. The Hall–Kier alpha value is -2.01. The van der Waals surface area contributed by atoms with E-state index in [9.17, 15) is 4.79 Å². The summed E-state index contributed by atoms with van der Waals surface area (Å²) in [6.07, 6.45) is 9.19. The summed E-state index contributed by atoms with van der Waals surface area (Å²) in [6, 6.07) is 5.63. The fourth-order valence-electron chi connectivity index (χ4n) is 2.87. The highest BCUT2D eigenvalue weighted by atomic mass is 16.1. The third-order valence-electron chi connectivity index (χ3n) is 4.08. The predicted octanol–water partition coefficient (Wildman–Crippen LogP) is 1.55. The number of aromatic nitrogens is 3. The molecule has 0 unspecified atom stereocenters. The minimum absolute atomic E-state index is 0.0442. The Morgan fingerprint density at radius 3 is 2.71 bits per heavy atom. The van der Waals surface area contributed by atoms with Crippen molar-refractivity contribution in [3.63, 3.8) is 0 Å². The van der Waals surface area contributed by atoms with Gasteiger partial charge in [0.1, 0.15) is 0 Å². The van der Waals surface area contributed by atoms with Gasteiger partial charge in [0.25, 0.3) is 5.56 Å². The van der Waals surface area contributed by atoms with Crippen molar-refractivity contribution in [3.05, 3.63) is 59.0 Å². The topological polar surface area (TPSA) is 51.0 Å². The Bertz CT molecular complexity index is 617. The number of pyridine rings is 1. The molecular weight excluding hydrogens is 264 g/mol. The Labute approximate surface area is 124 Å². The Morgan fingerprint density at radius 2 is 2.00 bits per heavy atom. The molecule has 1 aliphatic heterocycles. The summed E-state index contributed by atoms with van der Waals surface area (Å²) >= 11 is 0. The summed E-state index contributed by atoms with van der Waals surface area (Å²) in [7, 11) is 0. The summed E-state index contributed by atoms with van der Waals surface area (Å²) in [4.78, 5) is 22.3. The smallest absolute Gasteiger partial charge is 0.253 e. The van der Waals surface area contributed by atoms with E-state index in [0.717, 1.165) is 39.0 Å². The van der Waals surface area contributed by atoms with Crippen LogP contribution in [0.4, 0.5) is 0 Å². The largest absolute Gasteiger partial charge is 0.299 e. The summed E-state index contributed by atoms with van der Waals surface area (Å²) in [5.74, 6) is 0.567. The van der Waals surface area contributed by atoms with E-state index in [2.05, 4.69) is 20.9 Å². The first kappa shape index (κ1) is 13.9. The zero-order valence-corrected chi connectivity index (χ0v) is 12.1. The summed E-state index contributed by atoms with van der Waals surface area (Å²) in [5.41, 5.74) is 1.31. The minimum Gasteiger partial charge on any atom is -0.299 e. The number of likely N-dealkylation sites (tertiary alicyclic amines) is 1. The van der Waals surface area contributed by atoms with Gasteiger partial charge in [-0.2, -0.15) is 0 Å². The van der Waals surface area contributed by atoms with E-state index in [0.29, 0.717) is 5.92 Å². The van der Waals surface area contributed by atoms with Gasteiger partial charge in [0.2, 0.25) is 0 Å². The molecule has 0 atom stereocenters. The van der Waals surface area contributed by atoms with Crippen LogP contribution in [0.3, 0.4) is 0 Å². The van der Waals surface area contributed by atoms with E-state index in [4.69, 9.17) is 0 Å². The van der Waals surface area contributed by atoms with Crippen LogP contribution in [-0.4, -0.2) is 32.5 Å². The number of rotatable bonds is 4. The molecule has 0 aliphatic carbocycles. The first-order chi connectivity index (χ1) is 10.3. The van der Waals surface area contributed by atoms with Crippen LogP contribution in [0.25, 0.3) is 0 Å². The molecule has 0 N–H and O–H groups in total. The van der Waals surface area contributed by atoms with E-state index in [-0.39, 0.29) is 5.56 Å². The van der Waals surface area contributed by atoms with Crippen molar-refractivity contribution in [2.75, 3.05) is 13.1 Å². The number of nitrogens with zero attached hydrogens (tertiary/aromatic N) is 4. The average Bonchev–Trinajstić information content (AvgIpc) is 2.52. The SMILES string of the molecule is O=c1ccncn1CC1CCN(Cc2cccnc2)CC1. The Kier molecular flexibility index (Phi) is 4.40. The van der Waals surface area contributed by atoms with Crippen LogP contribution in [0.1, 0.15) is 18.4 Å². The molecule has 5 heteroatoms. The van der Waals surface area contributed by atoms with Crippen molar-refractivity contribution >= 4 is 0 Å². The van der Waals surface area contributed by atoms with Gasteiger partial charge in [0.15, 0.2) is 0 Å². The molecule has 5 nitrogen and oxygen atoms in total. The number of hydrogen-bond acceptors (Lipinski definition) is 4. The standard InChI is InChI=1S/C16H20N4O/c21-16-3-7-18-13-20(16)12-14-4-8-19(9-5-14)11-15-2-1-6-17-10-15/h1-3,6-7,10,13-14H,4-5,8-9,11-12H2. The molecule has 2 aromatic heterocycles. The lowest BCUT2D eigenvalue weighted by molar-refractivity contribution is 0.166. The van der Waals surface area contributed by atoms with Gasteiger partial charge in [-0.25, -0.2) is 4.98 Å². The lowest BCUT2D eigenvalue weighted by Crippen LogP contribution is -2.35. The van der Waals surface area contributed by atoms with Crippen molar-refractivity contribution in [1.29, 1.82) is 0 Å². The number of piperidine rings is 1. The molecule has 110 valence electrons. The molecule has 0 aromatic carbocycles. The van der Waals surface area contributed by atoms with Crippen LogP contribution in [-0.2, 0) is 13.1 Å². The van der Waals surface area contributed by atoms with Crippen molar-refractivity contribution in [1.82, 2.24) is 19.4 Å². The average molecular weight is 284 g/mol. The van der Waals surface area contributed by atoms with Crippen LogP contribution >= 0.6 is 0 Å². The van der Waals surface area contributed by atoms with Gasteiger partial charge in [-0.15, -0.1) is 0 Å². The highest BCUT2D eigenvalue weighted by Crippen LogP contribution is 2.19. The predicted molar refractivity (Wildman–Crippen MR) is 80.7 cm³/mol. The van der Waals surface area contributed by atoms with Crippen LogP contribution < -0.4 is 5.56 Å². The highest BCUT2D eigenvalue weighted by Gasteiger charge is 2.19.